The van der Waals surface area contributed by atoms with Crippen LogP contribution in [0.1, 0.15) is 11.1 Å². The summed E-state index contributed by atoms with van der Waals surface area (Å²) in [6.07, 6.45) is 4.30. The van der Waals surface area contributed by atoms with Gasteiger partial charge >= 0.3 is 0 Å². The van der Waals surface area contributed by atoms with Crippen molar-refractivity contribution < 1.29 is 14.2 Å². The van der Waals surface area contributed by atoms with Crippen LogP contribution in [0.15, 0.2) is 30.6 Å². The number of hydrogen-bond donors (Lipinski definition) is 1. The SMILES string of the molecule is Cn1cc(CCOc2cc(C#CCO)ccc2F)cn1. The van der Waals surface area contributed by atoms with E-state index in [0.29, 0.717) is 18.6 Å². The molecular formula is C15H15FN2O2. The fraction of sp³-hybridized carbons (Fsp3) is 0.267. The summed E-state index contributed by atoms with van der Waals surface area (Å²) in [5, 5.41) is 12.7. The molecule has 0 unspecified atom stereocenters. The molecule has 0 radical (unpaired) electrons. The third-order valence-corrected chi connectivity index (χ3v) is 2.65. The Kier molecular flexibility index (Phi) is 4.75. The first kappa shape index (κ1) is 14.1. The minimum Gasteiger partial charge on any atom is -0.490 e. The van der Waals surface area contributed by atoms with Gasteiger partial charge in [-0.25, -0.2) is 4.39 Å². The number of ether oxygens (including phenoxy) is 1. The molecule has 0 aliphatic carbocycles. The Morgan fingerprint density at radius 3 is 3.00 bits per heavy atom. The molecule has 0 saturated heterocycles. The van der Waals surface area contributed by atoms with Gasteiger partial charge in [0, 0.05) is 25.2 Å². The highest BCUT2D eigenvalue weighted by atomic mass is 19.1. The van der Waals surface area contributed by atoms with E-state index in [2.05, 4.69) is 16.9 Å². The van der Waals surface area contributed by atoms with Crippen LogP contribution in [-0.2, 0) is 13.5 Å². The molecule has 2 aromatic rings. The number of rotatable bonds is 4. The molecular weight excluding hydrogens is 259 g/mol. The average Bonchev–Trinajstić information content (AvgIpc) is 2.85. The molecule has 1 aromatic heterocycles. The van der Waals surface area contributed by atoms with E-state index in [9.17, 15) is 4.39 Å². The predicted molar refractivity (Wildman–Crippen MR) is 72.8 cm³/mol. The lowest BCUT2D eigenvalue weighted by molar-refractivity contribution is 0.305. The maximum atomic E-state index is 13.6. The van der Waals surface area contributed by atoms with Gasteiger partial charge < -0.3 is 9.84 Å². The summed E-state index contributed by atoms with van der Waals surface area (Å²) in [7, 11) is 1.84. The molecule has 0 fully saturated rings. The second kappa shape index (κ2) is 6.73. The zero-order chi connectivity index (χ0) is 14.4. The number of aliphatic hydroxyl groups is 1. The van der Waals surface area contributed by atoms with E-state index in [4.69, 9.17) is 9.84 Å². The summed E-state index contributed by atoms with van der Waals surface area (Å²) < 4.78 is 20.7. The Morgan fingerprint density at radius 1 is 1.45 bits per heavy atom. The molecule has 104 valence electrons. The molecule has 0 atom stereocenters. The molecule has 5 heteroatoms. The van der Waals surface area contributed by atoms with Crippen LogP contribution in [0.5, 0.6) is 5.75 Å². The Balaban J connectivity index is 1.97. The standard InChI is InChI=1S/C15H15FN2O2/c1-18-11-13(10-17-18)6-8-20-15-9-12(3-2-7-19)4-5-14(15)16/h4-5,9-11,19H,6-8H2,1H3. The van der Waals surface area contributed by atoms with Crippen molar-refractivity contribution in [1.82, 2.24) is 9.78 Å². The van der Waals surface area contributed by atoms with Crippen LogP contribution in [0.2, 0.25) is 0 Å². The van der Waals surface area contributed by atoms with Gasteiger partial charge in [0.25, 0.3) is 0 Å². The summed E-state index contributed by atoms with van der Waals surface area (Å²) in [5.74, 6) is 4.97. The van der Waals surface area contributed by atoms with Crippen LogP contribution in [0.25, 0.3) is 0 Å². The Hall–Kier alpha value is -2.32. The smallest absolute Gasteiger partial charge is 0.165 e. The van der Waals surface area contributed by atoms with Gasteiger partial charge in [-0.1, -0.05) is 11.8 Å². The highest BCUT2D eigenvalue weighted by Crippen LogP contribution is 2.18. The van der Waals surface area contributed by atoms with Crippen molar-refractivity contribution in [1.29, 1.82) is 0 Å². The second-order valence-corrected chi connectivity index (χ2v) is 4.23. The van der Waals surface area contributed by atoms with Crippen LogP contribution in [0, 0.1) is 17.7 Å². The van der Waals surface area contributed by atoms with Crippen molar-refractivity contribution in [2.45, 2.75) is 6.42 Å². The molecule has 20 heavy (non-hydrogen) atoms. The molecule has 0 aliphatic heterocycles. The molecule has 0 saturated carbocycles. The first-order chi connectivity index (χ1) is 9.69. The van der Waals surface area contributed by atoms with Gasteiger partial charge in [0.2, 0.25) is 0 Å². The number of aryl methyl sites for hydroxylation is 1. The number of benzene rings is 1. The van der Waals surface area contributed by atoms with Gasteiger partial charge in [0.15, 0.2) is 11.6 Å². The summed E-state index contributed by atoms with van der Waals surface area (Å²) in [4.78, 5) is 0. The second-order valence-electron chi connectivity index (χ2n) is 4.23. The minimum absolute atomic E-state index is 0.165. The quantitative estimate of drug-likeness (QED) is 0.860. The van der Waals surface area contributed by atoms with Gasteiger partial charge in [-0.2, -0.15) is 5.10 Å². The molecule has 0 spiro atoms. The van der Waals surface area contributed by atoms with Gasteiger partial charge in [-0.05, 0) is 23.8 Å². The largest absolute Gasteiger partial charge is 0.490 e. The Bertz CT molecular complexity index is 641. The molecule has 0 bridgehead atoms. The lowest BCUT2D eigenvalue weighted by Gasteiger charge is -2.06. The zero-order valence-corrected chi connectivity index (χ0v) is 11.1. The number of aliphatic hydroxyl groups excluding tert-OH is 1. The van der Waals surface area contributed by atoms with Crippen LogP contribution in [0.3, 0.4) is 0 Å². The molecule has 0 aliphatic rings. The Morgan fingerprint density at radius 2 is 2.30 bits per heavy atom. The highest BCUT2D eigenvalue weighted by Gasteiger charge is 2.04. The maximum Gasteiger partial charge on any atom is 0.165 e. The molecule has 1 N–H and O–H groups in total. The summed E-state index contributed by atoms with van der Waals surface area (Å²) in [5.41, 5.74) is 1.64. The summed E-state index contributed by atoms with van der Waals surface area (Å²) >= 11 is 0. The van der Waals surface area contributed by atoms with Crippen LogP contribution < -0.4 is 4.74 Å². The molecule has 1 heterocycles. The van der Waals surface area contributed by atoms with E-state index in [1.54, 1.807) is 16.9 Å². The number of nitrogens with zero attached hydrogens (tertiary/aromatic N) is 2. The minimum atomic E-state index is -0.425. The van der Waals surface area contributed by atoms with Crippen LogP contribution in [-0.4, -0.2) is 28.1 Å². The topological polar surface area (TPSA) is 47.3 Å². The van der Waals surface area contributed by atoms with Crippen LogP contribution >= 0.6 is 0 Å². The molecule has 2 rings (SSSR count). The zero-order valence-electron chi connectivity index (χ0n) is 11.1. The van der Waals surface area contributed by atoms with E-state index in [0.717, 1.165) is 5.56 Å². The van der Waals surface area contributed by atoms with Crippen LogP contribution in [0.4, 0.5) is 4.39 Å². The van der Waals surface area contributed by atoms with Crippen molar-refractivity contribution >= 4 is 0 Å². The lowest BCUT2D eigenvalue weighted by atomic mass is 10.2. The number of aromatic nitrogens is 2. The molecule has 4 nitrogen and oxygen atoms in total. The highest BCUT2D eigenvalue weighted by molar-refractivity contribution is 5.40. The Labute approximate surface area is 116 Å². The fourth-order valence-electron chi connectivity index (χ4n) is 1.71. The van der Waals surface area contributed by atoms with Gasteiger partial charge in [0.05, 0.1) is 12.8 Å². The normalized spacial score (nSPS) is 9.95. The van der Waals surface area contributed by atoms with Gasteiger partial charge in [-0.3, -0.25) is 4.68 Å². The number of halogens is 1. The summed E-state index contributed by atoms with van der Waals surface area (Å²) in [6.45, 7) is 0.133. The van der Waals surface area contributed by atoms with E-state index in [-0.39, 0.29) is 12.4 Å². The predicted octanol–water partition coefficient (Wildman–Crippen LogP) is 1.52. The average molecular weight is 274 g/mol. The van der Waals surface area contributed by atoms with Gasteiger partial charge in [0.1, 0.15) is 6.61 Å². The monoisotopic (exact) mass is 274 g/mol. The number of hydrogen-bond acceptors (Lipinski definition) is 3. The maximum absolute atomic E-state index is 13.6. The van der Waals surface area contributed by atoms with E-state index >= 15 is 0 Å². The third-order valence-electron chi connectivity index (χ3n) is 2.65. The first-order valence-electron chi connectivity index (χ1n) is 6.18. The van der Waals surface area contributed by atoms with Crippen molar-refractivity contribution in [3.63, 3.8) is 0 Å². The molecule has 0 amide bonds. The summed E-state index contributed by atoms with van der Waals surface area (Å²) in [6, 6.07) is 4.38. The lowest BCUT2D eigenvalue weighted by Crippen LogP contribution is -2.02. The van der Waals surface area contributed by atoms with E-state index < -0.39 is 5.82 Å². The molecule has 1 aromatic carbocycles. The van der Waals surface area contributed by atoms with Crippen molar-refractivity contribution in [3.8, 4) is 17.6 Å². The first-order valence-corrected chi connectivity index (χ1v) is 6.18. The van der Waals surface area contributed by atoms with Gasteiger partial charge in [-0.15, -0.1) is 0 Å². The van der Waals surface area contributed by atoms with Crippen molar-refractivity contribution in [2.24, 2.45) is 7.05 Å². The van der Waals surface area contributed by atoms with E-state index in [1.165, 1.54) is 12.1 Å². The van der Waals surface area contributed by atoms with Crippen molar-refractivity contribution in [3.05, 3.63) is 47.5 Å². The van der Waals surface area contributed by atoms with E-state index in [1.807, 2.05) is 13.2 Å². The fourth-order valence-corrected chi connectivity index (χ4v) is 1.71. The van der Waals surface area contributed by atoms with Crippen molar-refractivity contribution in [2.75, 3.05) is 13.2 Å². The third kappa shape index (κ3) is 3.84.